The van der Waals surface area contributed by atoms with E-state index in [-0.39, 0.29) is 5.91 Å². The molecule has 0 aromatic heterocycles. The highest BCUT2D eigenvalue weighted by atomic mass is 16.2. The van der Waals surface area contributed by atoms with Gasteiger partial charge in [0.25, 0.3) is 5.91 Å². The number of amides is 1. The molecule has 22 heavy (non-hydrogen) atoms. The van der Waals surface area contributed by atoms with Gasteiger partial charge in [-0.05, 0) is 40.5 Å². The third-order valence-electron chi connectivity index (χ3n) is 4.41. The Kier molecular flexibility index (Phi) is 3.15. The van der Waals surface area contributed by atoms with Crippen LogP contribution in [0, 0.1) is 0 Å². The number of hydrogen-bond acceptors (Lipinski definition) is 1. The highest BCUT2D eigenvalue weighted by Gasteiger charge is 2.21. The van der Waals surface area contributed by atoms with Crippen LogP contribution in [0.25, 0.3) is 10.8 Å². The molecule has 4 rings (SSSR count). The lowest BCUT2D eigenvalue weighted by Crippen LogP contribution is -2.35. The zero-order valence-corrected chi connectivity index (χ0v) is 12.3. The van der Waals surface area contributed by atoms with E-state index < -0.39 is 0 Å². The van der Waals surface area contributed by atoms with Crippen molar-refractivity contribution in [2.24, 2.45) is 0 Å². The molecule has 0 unspecified atom stereocenters. The van der Waals surface area contributed by atoms with E-state index in [4.69, 9.17) is 0 Å². The molecule has 0 radical (unpaired) electrons. The van der Waals surface area contributed by atoms with Gasteiger partial charge in [0.15, 0.2) is 0 Å². The van der Waals surface area contributed by atoms with Gasteiger partial charge in [0.1, 0.15) is 0 Å². The van der Waals surface area contributed by atoms with Crippen LogP contribution in [0.3, 0.4) is 0 Å². The van der Waals surface area contributed by atoms with Crippen molar-refractivity contribution < 1.29 is 4.79 Å². The van der Waals surface area contributed by atoms with E-state index in [1.54, 1.807) is 0 Å². The Bertz CT molecular complexity index is 853. The summed E-state index contributed by atoms with van der Waals surface area (Å²) in [6.07, 6.45) is 0.940. The molecule has 1 amide bonds. The first-order valence-corrected chi connectivity index (χ1v) is 7.66. The van der Waals surface area contributed by atoms with Gasteiger partial charge in [-0.15, -0.1) is 0 Å². The maximum absolute atomic E-state index is 12.8. The molecule has 108 valence electrons. The van der Waals surface area contributed by atoms with Crippen LogP contribution >= 0.6 is 0 Å². The van der Waals surface area contributed by atoms with E-state index >= 15 is 0 Å². The van der Waals surface area contributed by atoms with Crippen LogP contribution in [-0.4, -0.2) is 17.4 Å². The maximum atomic E-state index is 12.8. The van der Waals surface area contributed by atoms with Gasteiger partial charge in [-0.25, -0.2) is 0 Å². The second kappa shape index (κ2) is 5.30. The molecule has 3 aromatic rings. The van der Waals surface area contributed by atoms with Gasteiger partial charge < -0.3 is 4.90 Å². The Morgan fingerprint density at radius 1 is 0.818 bits per heavy atom. The van der Waals surface area contributed by atoms with E-state index in [2.05, 4.69) is 30.3 Å². The largest absolute Gasteiger partial charge is 0.334 e. The molecule has 0 bridgehead atoms. The predicted molar refractivity (Wildman–Crippen MR) is 88.8 cm³/mol. The van der Waals surface area contributed by atoms with Gasteiger partial charge in [-0.2, -0.15) is 0 Å². The topological polar surface area (TPSA) is 20.3 Å². The lowest BCUT2D eigenvalue weighted by Gasteiger charge is -2.29. The van der Waals surface area contributed by atoms with Crippen molar-refractivity contribution in [2.75, 3.05) is 6.54 Å². The molecule has 0 spiro atoms. The Hall–Kier alpha value is -2.61. The first-order chi connectivity index (χ1) is 10.8. The quantitative estimate of drug-likeness (QED) is 0.661. The summed E-state index contributed by atoms with van der Waals surface area (Å²) in [5.74, 6) is 0.125. The summed E-state index contributed by atoms with van der Waals surface area (Å²) in [6.45, 7) is 1.50. The average Bonchev–Trinajstić information content (AvgIpc) is 2.60. The van der Waals surface area contributed by atoms with Gasteiger partial charge in [-0.1, -0.05) is 54.6 Å². The number of nitrogens with zero attached hydrogens (tertiary/aromatic N) is 1. The second-order valence-corrected chi connectivity index (χ2v) is 5.81. The average molecular weight is 287 g/mol. The molecule has 0 N–H and O–H groups in total. The van der Waals surface area contributed by atoms with E-state index in [0.29, 0.717) is 6.54 Å². The van der Waals surface area contributed by atoms with Crippen LogP contribution in [0.4, 0.5) is 0 Å². The lowest BCUT2D eigenvalue weighted by atomic mass is 9.99. The highest BCUT2D eigenvalue weighted by Crippen LogP contribution is 2.22. The summed E-state index contributed by atoms with van der Waals surface area (Å²) in [4.78, 5) is 14.7. The summed E-state index contributed by atoms with van der Waals surface area (Å²) >= 11 is 0. The molecule has 3 aromatic carbocycles. The van der Waals surface area contributed by atoms with Crippen molar-refractivity contribution in [1.29, 1.82) is 0 Å². The molecule has 2 nitrogen and oxygen atoms in total. The fourth-order valence-corrected chi connectivity index (χ4v) is 3.17. The SMILES string of the molecule is O=C(c1ccc2ccccc2c1)N1CCc2ccccc2C1. The van der Waals surface area contributed by atoms with Crippen molar-refractivity contribution in [3.05, 3.63) is 83.4 Å². The van der Waals surface area contributed by atoms with Crippen LogP contribution < -0.4 is 0 Å². The molecule has 0 atom stereocenters. The highest BCUT2D eigenvalue weighted by molar-refractivity contribution is 5.98. The zero-order valence-electron chi connectivity index (χ0n) is 12.3. The van der Waals surface area contributed by atoms with Gasteiger partial charge in [0.05, 0.1) is 0 Å². The minimum atomic E-state index is 0.125. The third-order valence-corrected chi connectivity index (χ3v) is 4.41. The minimum Gasteiger partial charge on any atom is -0.334 e. The first kappa shape index (κ1) is 13.1. The number of benzene rings is 3. The Morgan fingerprint density at radius 3 is 2.41 bits per heavy atom. The van der Waals surface area contributed by atoms with Crippen LogP contribution in [0.2, 0.25) is 0 Å². The van der Waals surface area contributed by atoms with Crippen LogP contribution in [0.15, 0.2) is 66.7 Å². The molecule has 0 saturated carbocycles. The van der Waals surface area contributed by atoms with Gasteiger partial charge >= 0.3 is 0 Å². The number of hydrogen-bond donors (Lipinski definition) is 0. The van der Waals surface area contributed by atoms with Crippen LogP contribution in [-0.2, 0) is 13.0 Å². The van der Waals surface area contributed by atoms with Gasteiger partial charge in [-0.3, -0.25) is 4.79 Å². The second-order valence-electron chi connectivity index (χ2n) is 5.81. The maximum Gasteiger partial charge on any atom is 0.254 e. The summed E-state index contributed by atoms with van der Waals surface area (Å²) < 4.78 is 0. The Morgan fingerprint density at radius 2 is 1.55 bits per heavy atom. The van der Waals surface area contributed by atoms with Gasteiger partial charge in [0.2, 0.25) is 0 Å². The summed E-state index contributed by atoms with van der Waals surface area (Å²) in [7, 11) is 0. The van der Waals surface area contributed by atoms with Crippen molar-refractivity contribution >= 4 is 16.7 Å². The monoisotopic (exact) mass is 287 g/mol. The van der Waals surface area contributed by atoms with E-state index in [9.17, 15) is 4.79 Å². The molecule has 1 aliphatic rings. The smallest absolute Gasteiger partial charge is 0.254 e. The first-order valence-electron chi connectivity index (χ1n) is 7.66. The fraction of sp³-hybridized carbons (Fsp3) is 0.150. The molecule has 0 aliphatic carbocycles. The van der Waals surface area contributed by atoms with Crippen molar-refractivity contribution in [1.82, 2.24) is 4.90 Å². The molecule has 1 aliphatic heterocycles. The number of fused-ring (bicyclic) bond motifs is 2. The molecule has 1 heterocycles. The summed E-state index contributed by atoms with van der Waals surface area (Å²) in [5.41, 5.74) is 3.41. The Balaban J connectivity index is 1.64. The van der Waals surface area contributed by atoms with Gasteiger partial charge in [0, 0.05) is 18.7 Å². The standard InChI is InChI=1S/C20H17NO/c22-20(18-10-9-15-5-1-3-7-17(15)13-18)21-12-11-16-6-2-4-8-19(16)14-21/h1-10,13H,11-12,14H2. The summed E-state index contributed by atoms with van der Waals surface area (Å²) in [6, 6.07) is 22.5. The van der Waals surface area contributed by atoms with Crippen molar-refractivity contribution in [3.63, 3.8) is 0 Å². The van der Waals surface area contributed by atoms with Crippen LogP contribution in [0.1, 0.15) is 21.5 Å². The molecular formula is C20H17NO. The normalized spacial score (nSPS) is 13.9. The molecule has 0 saturated heterocycles. The van der Waals surface area contributed by atoms with Crippen LogP contribution in [0.5, 0.6) is 0 Å². The molecule has 2 heteroatoms. The number of rotatable bonds is 1. The fourth-order valence-electron chi connectivity index (χ4n) is 3.17. The van der Waals surface area contributed by atoms with E-state index in [1.807, 2.05) is 41.3 Å². The zero-order chi connectivity index (χ0) is 14.9. The minimum absolute atomic E-state index is 0.125. The summed E-state index contributed by atoms with van der Waals surface area (Å²) in [5, 5.41) is 2.29. The molecular weight excluding hydrogens is 270 g/mol. The number of carbonyl (C=O) groups is 1. The number of carbonyl (C=O) groups excluding carboxylic acids is 1. The van der Waals surface area contributed by atoms with Crippen molar-refractivity contribution in [3.8, 4) is 0 Å². The van der Waals surface area contributed by atoms with E-state index in [1.165, 1.54) is 16.5 Å². The molecule has 0 fully saturated rings. The van der Waals surface area contributed by atoms with Crippen molar-refractivity contribution in [2.45, 2.75) is 13.0 Å². The van der Waals surface area contributed by atoms with E-state index in [0.717, 1.165) is 23.9 Å². The predicted octanol–water partition coefficient (Wildman–Crippen LogP) is 4.04. The Labute approximate surface area is 130 Å². The third kappa shape index (κ3) is 2.27. The lowest BCUT2D eigenvalue weighted by molar-refractivity contribution is 0.0735.